The van der Waals surface area contributed by atoms with Gasteiger partial charge in [0.15, 0.2) is 0 Å². The van der Waals surface area contributed by atoms with Gasteiger partial charge in [-0.25, -0.2) is 9.18 Å². The van der Waals surface area contributed by atoms with Crippen LogP contribution < -0.4 is 0 Å². The highest BCUT2D eigenvalue weighted by molar-refractivity contribution is 5.81. The molecule has 0 bridgehead atoms. The van der Waals surface area contributed by atoms with Gasteiger partial charge in [0.2, 0.25) is 6.10 Å². The van der Waals surface area contributed by atoms with E-state index in [9.17, 15) is 14.0 Å². The molecule has 3 unspecified atom stereocenters. The number of carbonyl (C=O) groups is 2. The molecule has 0 saturated carbocycles. The van der Waals surface area contributed by atoms with Crippen molar-refractivity contribution in [3.05, 3.63) is 35.6 Å². The molecule has 1 heterocycles. The van der Waals surface area contributed by atoms with E-state index in [1.807, 2.05) is 0 Å². The molecule has 1 aromatic rings. The van der Waals surface area contributed by atoms with E-state index in [1.54, 1.807) is 26.0 Å². The largest absolute Gasteiger partial charge is 0.460 e. The molecule has 5 heteroatoms. The molecule has 20 heavy (non-hydrogen) atoms. The van der Waals surface area contributed by atoms with E-state index in [0.717, 1.165) is 5.56 Å². The Hall–Kier alpha value is -1.91. The maximum atomic E-state index is 13.1. The summed E-state index contributed by atoms with van der Waals surface area (Å²) in [5, 5.41) is 0. The van der Waals surface area contributed by atoms with Crippen LogP contribution in [0.2, 0.25) is 0 Å². The van der Waals surface area contributed by atoms with E-state index in [-0.39, 0.29) is 11.9 Å². The lowest BCUT2D eigenvalue weighted by atomic mass is 10.0. The summed E-state index contributed by atoms with van der Waals surface area (Å²) in [7, 11) is 0. The van der Waals surface area contributed by atoms with Crippen LogP contribution in [0.25, 0.3) is 0 Å². The van der Waals surface area contributed by atoms with Crippen LogP contribution in [-0.4, -0.2) is 24.1 Å². The second-order valence-corrected chi connectivity index (χ2v) is 5.14. The van der Waals surface area contributed by atoms with E-state index in [4.69, 9.17) is 9.47 Å². The Bertz CT molecular complexity index is 514. The van der Waals surface area contributed by atoms with Crippen LogP contribution in [0.3, 0.4) is 0 Å². The molecule has 0 aromatic heterocycles. The van der Waals surface area contributed by atoms with Gasteiger partial charge >= 0.3 is 11.9 Å². The molecular formula is C15H17FO4. The minimum absolute atomic E-state index is 0.223. The zero-order valence-electron chi connectivity index (χ0n) is 11.5. The molecule has 0 radical (unpaired) electrons. The van der Waals surface area contributed by atoms with Gasteiger partial charge in [-0.15, -0.1) is 0 Å². The minimum Gasteiger partial charge on any atom is -0.460 e. The summed E-state index contributed by atoms with van der Waals surface area (Å²) < 4.78 is 23.1. The smallest absolute Gasteiger partial charge is 0.347 e. The Kier molecular flexibility index (Phi) is 4.37. The highest BCUT2D eigenvalue weighted by Gasteiger charge is 2.35. The molecular weight excluding hydrogens is 263 g/mol. The van der Waals surface area contributed by atoms with Crippen molar-refractivity contribution in [2.24, 2.45) is 5.92 Å². The third-order valence-corrected chi connectivity index (χ3v) is 3.22. The lowest BCUT2D eigenvalue weighted by Crippen LogP contribution is -2.27. The zero-order valence-corrected chi connectivity index (χ0v) is 11.5. The summed E-state index contributed by atoms with van der Waals surface area (Å²) in [6.07, 6.45) is -0.281. The van der Waals surface area contributed by atoms with Gasteiger partial charge in [0.05, 0.1) is 5.92 Å². The molecule has 0 aliphatic carbocycles. The van der Waals surface area contributed by atoms with Crippen molar-refractivity contribution >= 4 is 11.9 Å². The van der Waals surface area contributed by atoms with Gasteiger partial charge in [0, 0.05) is 6.42 Å². The van der Waals surface area contributed by atoms with Gasteiger partial charge in [0.25, 0.3) is 0 Å². The van der Waals surface area contributed by atoms with Crippen LogP contribution in [0.1, 0.15) is 25.8 Å². The second-order valence-electron chi connectivity index (χ2n) is 5.14. The molecule has 0 N–H and O–H groups in total. The summed E-state index contributed by atoms with van der Waals surface area (Å²) in [6, 6.07) is 6.08. The number of benzene rings is 1. The average molecular weight is 280 g/mol. The fourth-order valence-electron chi connectivity index (χ4n) is 2.17. The van der Waals surface area contributed by atoms with Gasteiger partial charge in [-0.2, -0.15) is 0 Å². The fraction of sp³-hybridized carbons (Fsp3) is 0.467. The Balaban J connectivity index is 1.91. The van der Waals surface area contributed by atoms with Crippen LogP contribution in [0, 0.1) is 11.7 Å². The van der Waals surface area contributed by atoms with Crippen LogP contribution in [0.15, 0.2) is 24.3 Å². The molecule has 1 fully saturated rings. The minimum atomic E-state index is -0.813. The molecule has 1 aliphatic rings. The highest BCUT2D eigenvalue weighted by Crippen LogP contribution is 2.19. The number of hydrogen-bond donors (Lipinski definition) is 0. The van der Waals surface area contributed by atoms with Crippen molar-refractivity contribution in [1.29, 1.82) is 0 Å². The molecule has 1 saturated heterocycles. The molecule has 1 aromatic carbocycles. The quantitative estimate of drug-likeness (QED) is 0.794. The number of esters is 2. The van der Waals surface area contributed by atoms with E-state index in [1.165, 1.54) is 12.1 Å². The molecule has 0 amide bonds. The summed E-state index contributed by atoms with van der Waals surface area (Å²) in [5.74, 6) is -1.74. The zero-order chi connectivity index (χ0) is 14.7. The van der Waals surface area contributed by atoms with Gasteiger partial charge < -0.3 is 9.47 Å². The predicted molar refractivity (Wildman–Crippen MR) is 69.3 cm³/mol. The first-order chi connectivity index (χ1) is 9.45. The number of hydrogen-bond acceptors (Lipinski definition) is 4. The van der Waals surface area contributed by atoms with Gasteiger partial charge in [-0.05, 0) is 31.0 Å². The summed E-state index contributed by atoms with van der Waals surface area (Å²) in [6.45, 7) is 3.44. The molecule has 1 aliphatic heterocycles. The topological polar surface area (TPSA) is 52.6 Å². The van der Waals surface area contributed by atoms with Crippen molar-refractivity contribution in [1.82, 2.24) is 0 Å². The average Bonchev–Trinajstić information content (AvgIpc) is 2.67. The van der Waals surface area contributed by atoms with Crippen molar-refractivity contribution in [2.75, 3.05) is 0 Å². The standard InChI is InChI=1S/C15H17FO4/c1-9(6-11-4-3-5-12(16)8-11)14(17)20-13-7-10(2)19-15(13)18/h3-5,8-10,13H,6-7H2,1-2H3. The van der Waals surface area contributed by atoms with E-state index >= 15 is 0 Å². The molecule has 108 valence electrons. The number of carbonyl (C=O) groups excluding carboxylic acids is 2. The Morgan fingerprint density at radius 1 is 1.55 bits per heavy atom. The first-order valence-corrected chi connectivity index (χ1v) is 6.61. The molecule has 2 rings (SSSR count). The van der Waals surface area contributed by atoms with Crippen LogP contribution in [-0.2, 0) is 25.5 Å². The SMILES string of the molecule is CC1CC(OC(=O)C(C)Cc2cccc(F)c2)C(=O)O1. The third kappa shape index (κ3) is 3.56. The maximum absolute atomic E-state index is 13.1. The first-order valence-electron chi connectivity index (χ1n) is 6.61. The highest BCUT2D eigenvalue weighted by atomic mass is 19.1. The third-order valence-electron chi connectivity index (χ3n) is 3.22. The van der Waals surface area contributed by atoms with Gasteiger partial charge in [-0.3, -0.25) is 4.79 Å². The van der Waals surface area contributed by atoms with Crippen molar-refractivity contribution < 1.29 is 23.5 Å². The number of cyclic esters (lactones) is 1. The van der Waals surface area contributed by atoms with E-state index < -0.39 is 24.0 Å². The number of halogens is 1. The second kappa shape index (κ2) is 6.03. The van der Waals surface area contributed by atoms with Crippen molar-refractivity contribution in [3.8, 4) is 0 Å². The predicted octanol–water partition coefficient (Wildman–Crippen LogP) is 2.25. The summed E-state index contributed by atoms with van der Waals surface area (Å²) in [4.78, 5) is 23.3. The van der Waals surface area contributed by atoms with Gasteiger partial charge in [0.1, 0.15) is 11.9 Å². The first kappa shape index (κ1) is 14.5. The lowest BCUT2D eigenvalue weighted by Gasteiger charge is -2.14. The van der Waals surface area contributed by atoms with E-state index in [0.29, 0.717) is 12.8 Å². The maximum Gasteiger partial charge on any atom is 0.347 e. The molecule has 0 spiro atoms. The lowest BCUT2D eigenvalue weighted by molar-refractivity contribution is -0.163. The van der Waals surface area contributed by atoms with E-state index in [2.05, 4.69) is 0 Å². The van der Waals surface area contributed by atoms with Crippen LogP contribution in [0.4, 0.5) is 4.39 Å². The molecule has 3 atom stereocenters. The Morgan fingerprint density at radius 2 is 2.30 bits per heavy atom. The van der Waals surface area contributed by atoms with Crippen molar-refractivity contribution in [3.63, 3.8) is 0 Å². The monoisotopic (exact) mass is 280 g/mol. The van der Waals surface area contributed by atoms with Crippen molar-refractivity contribution in [2.45, 2.75) is 38.9 Å². The number of ether oxygens (including phenoxy) is 2. The Morgan fingerprint density at radius 3 is 2.90 bits per heavy atom. The molecule has 4 nitrogen and oxygen atoms in total. The van der Waals surface area contributed by atoms with Crippen LogP contribution >= 0.6 is 0 Å². The normalized spacial score (nSPS) is 23.2. The Labute approximate surface area is 116 Å². The fourth-order valence-corrected chi connectivity index (χ4v) is 2.17. The number of rotatable bonds is 4. The summed E-state index contributed by atoms with van der Waals surface area (Å²) in [5.41, 5.74) is 0.719. The van der Waals surface area contributed by atoms with Gasteiger partial charge in [-0.1, -0.05) is 19.1 Å². The summed E-state index contributed by atoms with van der Waals surface area (Å²) >= 11 is 0. The van der Waals surface area contributed by atoms with Crippen LogP contribution in [0.5, 0.6) is 0 Å².